The van der Waals surface area contributed by atoms with Crippen LogP contribution in [-0.2, 0) is 8.53 Å². The van der Waals surface area contributed by atoms with E-state index >= 15 is 0 Å². The Morgan fingerprint density at radius 3 is 2.00 bits per heavy atom. The van der Waals surface area contributed by atoms with Gasteiger partial charge in [0.15, 0.2) is 0 Å². The Labute approximate surface area is 100.0 Å². The van der Waals surface area contributed by atoms with Gasteiger partial charge in [-0.1, -0.05) is 0 Å². The van der Waals surface area contributed by atoms with Crippen LogP contribution in [0, 0.1) is 0 Å². The molecule has 9 N–H and O–H groups in total. The summed E-state index contributed by atoms with van der Waals surface area (Å²) in [7, 11) is 0. The first-order valence-corrected chi connectivity index (χ1v) is 7.62. The maximum absolute atomic E-state index is 10.2. The fraction of sp³-hybridized carbons (Fsp3) is 0.667. The molecule has 0 saturated heterocycles. The molecule has 0 spiro atoms. The van der Waals surface area contributed by atoms with Gasteiger partial charge in [-0.05, 0) is 12.8 Å². The number of hydrogen-bond acceptors (Lipinski definition) is 4. The summed E-state index contributed by atoms with van der Waals surface area (Å²) in [6.07, 6.45) is 0.839. The van der Waals surface area contributed by atoms with Crippen LogP contribution in [0.5, 0.6) is 0 Å². The Kier molecular flexibility index (Phi) is 9.71. The number of carbonyl (C=O) groups excluding carboxylic acids is 1. The van der Waals surface area contributed by atoms with Crippen LogP contribution in [0.1, 0.15) is 12.8 Å². The van der Waals surface area contributed by atoms with E-state index in [1.807, 2.05) is 0 Å². The zero-order chi connectivity index (χ0) is 14.1. The summed E-state index contributed by atoms with van der Waals surface area (Å²) in [6.45, 7) is 0.357. The van der Waals surface area contributed by atoms with Crippen LogP contribution in [0.2, 0.25) is 0 Å². The zero-order valence-electron chi connectivity index (χ0n) is 8.81. The second-order valence-corrected chi connectivity index (χ2v) is 5.05. The van der Waals surface area contributed by atoms with E-state index in [1.54, 1.807) is 0 Å². The van der Waals surface area contributed by atoms with Crippen molar-refractivity contribution >= 4 is 26.5 Å². The molecule has 0 heterocycles. The van der Waals surface area contributed by atoms with Crippen LogP contribution in [0.25, 0.3) is 0 Å². The average Bonchev–Trinajstić information content (AvgIpc) is 2.08. The average molecular weight is 317 g/mol. The molecule has 0 aromatic heterocycles. The van der Waals surface area contributed by atoms with E-state index in [9.17, 15) is 9.59 Å². The number of nitrogens with two attached hydrogens (primary N) is 2. The standard InChI is InChI=1S/C6H13N3O3.AsH3O4/c7-4(5(10)11)2-1-3-9-6(8)12;2-1(3,4)5/h4H,1-3,7H2,(H,10,11)(H3,8,9,12);(H3,2,3,4,5). The van der Waals surface area contributed by atoms with Crippen molar-refractivity contribution in [1.82, 2.24) is 5.32 Å². The van der Waals surface area contributed by atoms with Crippen LogP contribution in [0.3, 0.4) is 0 Å². The van der Waals surface area contributed by atoms with Crippen molar-refractivity contribution in [3.63, 3.8) is 0 Å². The van der Waals surface area contributed by atoms with Gasteiger partial charge in [-0.15, -0.1) is 0 Å². The van der Waals surface area contributed by atoms with Crippen LogP contribution >= 0.6 is 0 Å². The maximum atomic E-state index is 10.2. The zero-order valence-corrected chi connectivity index (χ0v) is 10.7. The summed E-state index contributed by atoms with van der Waals surface area (Å²) in [5.74, 6) is -1.03. The number of nitrogens with one attached hydrogen (secondary N) is 1. The third-order valence-electron chi connectivity index (χ3n) is 1.31. The SMILES string of the molecule is NC(=O)NCCCC(N)C(=O)O.O=[As](O)(O)O. The quantitative estimate of drug-likeness (QED) is 0.202. The third kappa shape index (κ3) is 25.3. The summed E-state index contributed by atoms with van der Waals surface area (Å²) >= 11 is -5.12. The van der Waals surface area contributed by atoms with Crippen molar-refractivity contribution in [3.05, 3.63) is 0 Å². The molecule has 0 saturated carbocycles. The fourth-order valence-electron chi connectivity index (χ4n) is 0.657. The molecule has 17 heavy (non-hydrogen) atoms. The van der Waals surface area contributed by atoms with Gasteiger partial charge in [0.25, 0.3) is 0 Å². The molecule has 0 aliphatic heterocycles. The minimum absolute atomic E-state index is 0.329. The van der Waals surface area contributed by atoms with Gasteiger partial charge in [0.1, 0.15) is 6.04 Å². The van der Waals surface area contributed by atoms with Gasteiger partial charge < -0.3 is 21.9 Å². The van der Waals surface area contributed by atoms with Gasteiger partial charge in [-0.3, -0.25) is 4.79 Å². The first-order chi connectivity index (χ1) is 7.54. The van der Waals surface area contributed by atoms with E-state index in [-0.39, 0.29) is 0 Å². The van der Waals surface area contributed by atoms with E-state index in [4.69, 9.17) is 32.6 Å². The van der Waals surface area contributed by atoms with Gasteiger partial charge in [-0.2, -0.15) is 0 Å². The molecule has 0 rings (SSSR count). The number of primary amides is 1. The van der Waals surface area contributed by atoms with Crippen LogP contribution in [0.4, 0.5) is 4.79 Å². The van der Waals surface area contributed by atoms with Crippen LogP contribution in [0.15, 0.2) is 0 Å². The second-order valence-electron chi connectivity index (χ2n) is 2.89. The Balaban J connectivity index is 0. The number of hydrogen-bond donors (Lipinski definition) is 7. The van der Waals surface area contributed by atoms with Gasteiger partial charge in [0.05, 0.1) is 0 Å². The summed E-state index contributed by atoms with van der Waals surface area (Å²) in [5, 5.41) is 10.7. The molecular weight excluding hydrogens is 301 g/mol. The summed E-state index contributed by atoms with van der Waals surface area (Å²) in [4.78, 5) is 20.3. The molecule has 10 nitrogen and oxygen atoms in total. The van der Waals surface area contributed by atoms with Gasteiger partial charge in [0.2, 0.25) is 0 Å². The van der Waals surface area contributed by atoms with E-state index in [1.165, 1.54) is 0 Å². The predicted octanol–water partition coefficient (Wildman–Crippen LogP) is -3.32. The summed E-state index contributed by atoms with van der Waals surface area (Å²) < 4.78 is 30.7. The van der Waals surface area contributed by atoms with E-state index in [0.29, 0.717) is 19.4 Å². The van der Waals surface area contributed by atoms with Crippen molar-refractivity contribution in [1.29, 1.82) is 0 Å². The topological polar surface area (TPSA) is 196 Å². The Morgan fingerprint density at radius 2 is 1.71 bits per heavy atom. The molecule has 0 aromatic carbocycles. The van der Waals surface area contributed by atoms with Gasteiger partial charge in [-0.25, -0.2) is 4.79 Å². The minimum atomic E-state index is -5.12. The molecule has 0 bridgehead atoms. The third-order valence-corrected chi connectivity index (χ3v) is 1.31. The molecule has 0 aliphatic carbocycles. The molecule has 1 atom stereocenters. The number of carbonyl (C=O) groups is 2. The first-order valence-electron chi connectivity index (χ1n) is 4.34. The molecule has 1 unspecified atom stereocenters. The monoisotopic (exact) mass is 317 g/mol. The van der Waals surface area contributed by atoms with E-state index < -0.39 is 32.6 Å². The number of aliphatic carboxylic acids is 1. The van der Waals surface area contributed by atoms with Crippen molar-refractivity contribution in [2.75, 3.05) is 6.54 Å². The molecule has 0 aliphatic rings. The molecule has 2 amide bonds. The van der Waals surface area contributed by atoms with Crippen molar-refractivity contribution in [2.24, 2.45) is 11.5 Å². The Hall–Kier alpha value is -1.06. The molecule has 0 aromatic rings. The van der Waals surface area contributed by atoms with E-state index in [0.717, 1.165) is 0 Å². The number of carboxylic acid groups (broad SMARTS) is 1. The Morgan fingerprint density at radius 1 is 1.29 bits per heavy atom. The summed E-state index contributed by atoms with van der Waals surface area (Å²) in [6, 6.07) is -1.47. The summed E-state index contributed by atoms with van der Waals surface area (Å²) in [5.41, 5.74) is 9.96. The fourth-order valence-corrected chi connectivity index (χ4v) is 0.657. The number of rotatable bonds is 5. The normalized spacial score (nSPS) is 12.0. The molecule has 0 fully saturated rings. The number of urea groups is 1. The molecule has 11 heteroatoms. The predicted molar refractivity (Wildman–Crippen MR) is 55.5 cm³/mol. The van der Waals surface area contributed by atoms with Crippen molar-refractivity contribution in [2.45, 2.75) is 18.9 Å². The molecular formula is C6H16AsN3O7. The first kappa shape index (κ1) is 18.3. The Bertz CT molecular complexity index is 283. The number of amides is 2. The van der Waals surface area contributed by atoms with Crippen LogP contribution in [-0.4, -0.2) is 56.5 Å². The van der Waals surface area contributed by atoms with E-state index in [2.05, 4.69) is 5.32 Å². The molecule has 0 radical (unpaired) electrons. The van der Waals surface area contributed by atoms with Gasteiger partial charge in [0, 0.05) is 6.54 Å². The second kappa shape index (κ2) is 9.02. The van der Waals surface area contributed by atoms with Crippen molar-refractivity contribution in [3.8, 4) is 0 Å². The van der Waals surface area contributed by atoms with Crippen molar-refractivity contribution < 1.29 is 30.7 Å². The van der Waals surface area contributed by atoms with Crippen LogP contribution < -0.4 is 16.8 Å². The molecule has 102 valence electrons. The van der Waals surface area contributed by atoms with Gasteiger partial charge >= 0.3 is 42.5 Å². The number of carboxylic acids is 1.